The number of fused-ring (bicyclic) bond motifs is 1. The standard InChI is InChI=1S/C19H15N3O8S/c1-10-14-4-2-12(7-16(14)30-19(25)15(10)8-18(23)24)21-31(28,29)17-5-3-13(22(26)27)6-11(17)9-20/h2-7,10,15,21H,8H2,1H3,(H,23,24). The highest BCUT2D eigenvalue weighted by atomic mass is 32.2. The Hall–Kier alpha value is -3.98. The zero-order valence-corrected chi connectivity index (χ0v) is 16.8. The number of nitrogens with one attached hydrogen (secondary N) is 1. The number of carboxylic acid groups (broad SMARTS) is 1. The topological polar surface area (TPSA) is 177 Å². The van der Waals surface area contributed by atoms with Gasteiger partial charge in [-0.15, -0.1) is 0 Å². The number of anilines is 1. The monoisotopic (exact) mass is 445 g/mol. The van der Waals surface area contributed by atoms with Crippen LogP contribution in [0.1, 0.15) is 30.4 Å². The minimum atomic E-state index is -4.29. The summed E-state index contributed by atoms with van der Waals surface area (Å²) in [6, 6.07) is 8.59. The lowest BCUT2D eigenvalue weighted by Gasteiger charge is -2.28. The molecule has 1 aliphatic heterocycles. The van der Waals surface area contributed by atoms with Gasteiger partial charge in [-0.3, -0.25) is 24.4 Å². The van der Waals surface area contributed by atoms with Gasteiger partial charge in [0.1, 0.15) is 16.7 Å². The number of non-ortho nitro benzene ring substituents is 1. The van der Waals surface area contributed by atoms with Crippen LogP contribution in [-0.4, -0.2) is 30.4 Å². The average molecular weight is 445 g/mol. The van der Waals surface area contributed by atoms with Crippen molar-refractivity contribution in [2.75, 3.05) is 4.72 Å². The molecular weight excluding hydrogens is 430 g/mol. The van der Waals surface area contributed by atoms with Gasteiger partial charge in [0.25, 0.3) is 15.7 Å². The van der Waals surface area contributed by atoms with Crippen molar-refractivity contribution in [2.45, 2.75) is 24.2 Å². The highest BCUT2D eigenvalue weighted by Gasteiger charge is 2.36. The number of carbonyl (C=O) groups is 2. The molecule has 3 rings (SSSR count). The minimum Gasteiger partial charge on any atom is -0.481 e. The highest BCUT2D eigenvalue weighted by Crippen LogP contribution is 2.40. The molecule has 2 N–H and O–H groups in total. The largest absolute Gasteiger partial charge is 0.481 e. The minimum absolute atomic E-state index is 0.0256. The van der Waals surface area contributed by atoms with Crippen molar-refractivity contribution in [3.63, 3.8) is 0 Å². The summed E-state index contributed by atoms with van der Waals surface area (Å²) in [5.41, 5.74) is -0.267. The number of aliphatic carboxylic acids is 1. The summed E-state index contributed by atoms with van der Waals surface area (Å²) in [6.45, 7) is 1.67. The number of benzene rings is 2. The number of esters is 1. The Kier molecular flexibility index (Phi) is 5.63. The molecule has 1 aliphatic rings. The number of ether oxygens (including phenoxy) is 1. The van der Waals surface area contributed by atoms with E-state index >= 15 is 0 Å². The number of hydrogen-bond donors (Lipinski definition) is 2. The maximum atomic E-state index is 12.7. The van der Waals surface area contributed by atoms with Crippen LogP contribution in [0.3, 0.4) is 0 Å². The Balaban J connectivity index is 1.92. The molecule has 0 saturated carbocycles. The third kappa shape index (κ3) is 4.31. The van der Waals surface area contributed by atoms with Crippen molar-refractivity contribution in [2.24, 2.45) is 5.92 Å². The van der Waals surface area contributed by atoms with Gasteiger partial charge in [-0.25, -0.2) is 8.42 Å². The third-order valence-electron chi connectivity index (χ3n) is 4.85. The van der Waals surface area contributed by atoms with Crippen molar-refractivity contribution in [3.05, 3.63) is 57.6 Å². The lowest BCUT2D eigenvalue weighted by atomic mass is 9.83. The molecule has 1 heterocycles. The Morgan fingerprint density at radius 3 is 2.65 bits per heavy atom. The molecule has 0 bridgehead atoms. The number of sulfonamides is 1. The maximum absolute atomic E-state index is 12.7. The van der Waals surface area contributed by atoms with E-state index in [0.29, 0.717) is 5.56 Å². The zero-order valence-electron chi connectivity index (χ0n) is 15.9. The van der Waals surface area contributed by atoms with Crippen LogP contribution in [0.5, 0.6) is 5.75 Å². The van der Waals surface area contributed by atoms with E-state index in [-0.39, 0.29) is 11.4 Å². The van der Waals surface area contributed by atoms with E-state index in [1.54, 1.807) is 13.0 Å². The first kappa shape index (κ1) is 21.7. The first-order chi connectivity index (χ1) is 14.5. The van der Waals surface area contributed by atoms with Crippen molar-refractivity contribution in [1.82, 2.24) is 0 Å². The van der Waals surface area contributed by atoms with Gasteiger partial charge in [0.05, 0.1) is 28.5 Å². The Bertz CT molecular complexity index is 1250. The predicted octanol–water partition coefficient (Wildman–Crippen LogP) is 2.38. The Labute approximate surface area is 176 Å². The maximum Gasteiger partial charge on any atom is 0.315 e. The van der Waals surface area contributed by atoms with Gasteiger partial charge in [-0.2, -0.15) is 5.26 Å². The number of rotatable bonds is 6. The fourth-order valence-electron chi connectivity index (χ4n) is 3.28. The molecule has 0 aromatic heterocycles. The van der Waals surface area contributed by atoms with Gasteiger partial charge in [0, 0.05) is 18.2 Å². The lowest BCUT2D eigenvalue weighted by Crippen LogP contribution is -2.32. The number of nitro benzene ring substituents is 1. The predicted molar refractivity (Wildman–Crippen MR) is 105 cm³/mol. The summed E-state index contributed by atoms with van der Waals surface area (Å²) in [5.74, 6) is -3.12. The first-order valence-corrected chi connectivity index (χ1v) is 10.3. The third-order valence-corrected chi connectivity index (χ3v) is 6.29. The fourth-order valence-corrected chi connectivity index (χ4v) is 4.47. The molecule has 2 aromatic rings. The molecule has 0 fully saturated rings. The van der Waals surface area contributed by atoms with E-state index in [2.05, 4.69) is 4.72 Å². The van der Waals surface area contributed by atoms with Crippen LogP contribution >= 0.6 is 0 Å². The van der Waals surface area contributed by atoms with E-state index in [1.165, 1.54) is 18.2 Å². The summed E-state index contributed by atoms with van der Waals surface area (Å²) < 4.78 is 32.9. The van der Waals surface area contributed by atoms with E-state index in [9.17, 15) is 33.4 Å². The van der Waals surface area contributed by atoms with Crippen LogP contribution in [0.25, 0.3) is 0 Å². The molecule has 0 spiro atoms. The normalized spacial score (nSPS) is 17.7. The smallest absolute Gasteiger partial charge is 0.315 e. The number of hydrogen-bond acceptors (Lipinski definition) is 8. The molecular formula is C19H15N3O8S. The van der Waals surface area contributed by atoms with Crippen LogP contribution in [0.4, 0.5) is 11.4 Å². The molecule has 2 unspecified atom stereocenters. The summed E-state index contributed by atoms with van der Waals surface area (Å²) in [6.07, 6.45) is -0.398. The number of nitriles is 1. The molecule has 2 aromatic carbocycles. The van der Waals surface area contributed by atoms with Crippen molar-refractivity contribution >= 4 is 33.3 Å². The van der Waals surface area contributed by atoms with E-state index < -0.39 is 61.3 Å². The molecule has 2 atom stereocenters. The Morgan fingerprint density at radius 1 is 1.32 bits per heavy atom. The van der Waals surface area contributed by atoms with Gasteiger partial charge in [0.15, 0.2) is 0 Å². The molecule has 160 valence electrons. The highest BCUT2D eigenvalue weighted by molar-refractivity contribution is 7.92. The zero-order chi connectivity index (χ0) is 22.9. The molecule has 0 radical (unpaired) electrons. The van der Waals surface area contributed by atoms with Crippen LogP contribution in [0.15, 0.2) is 41.3 Å². The first-order valence-electron chi connectivity index (χ1n) is 8.82. The van der Waals surface area contributed by atoms with Gasteiger partial charge in [0.2, 0.25) is 0 Å². The number of nitro groups is 1. The van der Waals surface area contributed by atoms with Crippen molar-refractivity contribution < 1.29 is 32.8 Å². The fraction of sp³-hybridized carbons (Fsp3) is 0.211. The lowest BCUT2D eigenvalue weighted by molar-refractivity contribution is -0.384. The van der Waals surface area contributed by atoms with Gasteiger partial charge >= 0.3 is 11.9 Å². The summed E-state index contributed by atoms with van der Waals surface area (Å²) in [4.78, 5) is 32.8. The second kappa shape index (κ2) is 8.04. The molecule has 31 heavy (non-hydrogen) atoms. The summed E-state index contributed by atoms with van der Waals surface area (Å²) in [7, 11) is -4.29. The number of carbonyl (C=O) groups excluding carboxylic acids is 1. The number of nitrogens with zero attached hydrogens (tertiary/aromatic N) is 2. The van der Waals surface area contributed by atoms with Crippen LogP contribution < -0.4 is 9.46 Å². The van der Waals surface area contributed by atoms with Crippen LogP contribution in [0.2, 0.25) is 0 Å². The average Bonchev–Trinajstić information content (AvgIpc) is 2.69. The Morgan fingerprint density at radius 2 is 2.03 bits per heavy atom. The quantitative estimate of drug-likeness (QED) is 0.292. The second-order valence-corrected chi connectivity index (χ2v) is 8.47. The summed E-state index contributed by atoms with van der Waals surface area (Å²) in [5, 5.41) is 29.0. The van der Waals surface area contributed by atoms with Crippen LogP contribution in [-0.2, 0) is 19.6 Å². The van der Waals surface area contributed by atoms with E-state index in [1.807, 2.05) is 0 Å². The van der Waals surface area contributed by atoms with Crippen molar-refractivity contribution in [3.8, 4) is 11.8 Å². The molecule has 0 amide bonds. The van der Waals surface area contributed by atoms with Gasteiger partial charge in [-0.05, 0) is 23.6 Å². The SMILES string of the molecule is CC1c2ccc(NS(=O)(=O)c3ccc([N+](=O)[O-])cc3C#N)cc2OC(=O)C1CC(=O)O. The second-order valence-electron chi connectivity index (χ2n) is 6.82. The van der Waals surface area contributed by atoms with Gasteiger partial charge in [-0.1, -0.05) is 13.0 Å². The van der Waals surface area contributed by atoms with Gasteiger partial charge < -0.3 is 9.84 Å². The molecule has 11 nitrogen and oxygen atoms in total. The molecule has 0 saturated heterocycles. The van der Waals surface area contributed by atoms with E-state index in [4.69, 9.17) is 9.84 Å². The van der Waals surface area contributed by atoms with Crippen LogP contribution in [0, 0.1) is 27.4 Å². The number of carboxylic acids is 1. The van der Waals surface area contributed by atoms with Crippen molar-refractivity contribution in [1.29, 1.82) is 5.26 Å². The molecule has 0 aliphatic carbocycles. The molecule has 12 heteroatoms. The van der Waals surface area contributed by atoms with E-state index in [0.717, 1.165) is 18.2 Å². The summed E-state index contributed by atoms with van der Waals surface area (Å²) >= 11 is 0.